The third-order valence-electron chi connectivity index (χ3n) is 7.22. The molecule has 0 heterocycles. The third-order valence-corrected chi connectivity index (χ3v) is 13.2. The van der Waals surface area contributed by atoms with E-state index in [4.69, 9.17) is 29.2 Å². The van der Waals surface area contributed by atoms with Gasteiger partial charge in [0, 0.05) is 34.0 Å². The van der Waals surface area contributed by atoms with E-state index in [9.17, 15) is 0 Å². The molecule has 0 spiro atoms. The third kappa shape index (κ3) is 15.2. The normalized spacial score (nSPS) is 13.1. The van der Waals surface area contributed by atoms with Gasteiger partial charge in [0.15, 0.2) is 0 Å². The minimum absolute atomic E-state index is 0.115. The summed E-state index contributed by atoms with van der Waals surface area (Å²) in [6, 6.07) is 1.98. The Kier molecular flexibility index (Phi) is 18.6. The number of rotatable bonds is 23. The monoisotopic (exact) mass is 492 g/mol. The van der Waals surface area contributed by atoms with Gasteiger partial charge in [0.05, 0.1) is 0 Å². The second-order valence-corrected chi connectivity index (χ2v) is 17.0. The van der Waals surface area contributed by atoms with Gasteiger partial charge in [-0.2, -0.15) is 0 Å². The van der Waals surface area contributed by atoms with Crippen LogP contribution in [-0.2, 0) is 17.7 Å². The summed E-state index contributed by atoms with van der Waals surface area (Å²) in [6.07, 6.45) is 16.9. The molecule has 0 saturated heterocycles. The Morgan fingerprint density at radius 1 is 0.531 bits per heavy atom. The number of hydrogen-bond acceptors (Lipinski definition) is 6. The standard InChI is InChI=1S/C24H56N2O4Si2/c1-27-31(5,28-2)22-16-19-24(26,20-17-23-32(6,29-3)30-4)18-14-12-10-8-7-9-11-13-15-21-25/h7-23,25-26H2,1-6H3. The van der Waals surface area contributed by atoms with E-state index in [1.54, 1.807) is 28.4 Å². The molecule has 4 N–H and O–H groups in total. The number of hydrogen-bond donors (Lipinski definition) is 2. The first kappa shape index (κ1) is 32.2. The predicted octanol–water partition coefficient (Wildman–Crippen LogP) is 5.83. The summed E-state index contributed by atoms with van der Waals surface area (Å²) in [7, 11) is 3.01. The van der Waals surface area contributed by atoms with Gasteiger partial charge in [-0.15, -0.1) is 0 Å². The molecule has 0 aliphatic rings. The zero-order chi connectivity index (χ0) is 24.3. The molecule has 0 aromatic rings. The summed E-state index contributed by atoms with van der Waals surface area (Å²) in [6.45, 7) is 5.10. The first-order chi connectivity index (χ1) is 15.2. The van der Waals surface area contributed by atoms with Gasteiger partial charge in [0.2, 0.25) is 0 Å². The molecule has 194 valence electrons. The fraction of sp³-hybridized carbons (Fsp3) is 1.00. The first-order valence-electron chi connectivity index (χ1n) is 12.9. The maximum Gasteiger partial charge on any atom is 0.334 e. The molecule has 0 aromatic heterocycles. The van der Waals surface area contributed by atoms with Crippen LogP contribution in [0.1, 0.15) is 89.9 Å². The highest BCUT2D eigenvalue weighted by atomic mass is 28.4. The summed E-state index contributed by atoms with van der Waals surface area (Å²) in [4.78, 5) is 0. The van der Waals surface area contributed by atoms with Crippen molar-refractivity contribution in [1.29, 1.82) is 0 Å². The molecule has 0 aliphatic carbocycles. The molecule has 0 fully saturated rings. The van der Waals surface area contributed by atoms with Crippen molar-refractivity contribution in [2.24, 2.45) is 11.5 Å². The van der Waals surface area contributed by atoms with Crippen LogP contribution in [0, 0.1) is 0 Å². The molecule has 0 aliphatic heterocycles. The zero-order valence-corrected chi connectivity index (χ0v) is 24.3. The van der Waals surface area contributed by atoms with E-state index in [0.717, 1.165) is 50.7 Å². The summed E-state index contributed by atoms with van der Waals surface area (Å²) in [5.74, 6) is 0. The van der Waals surface area contributed by atoms with Gasteiger partial charge in [-0.3, -0.25) is 0 Å². The molecular formula is C24H56N2O4Si2. The molecule has 0 atom stereocenters. The molecule has 0 radical (unpaired) electrons. The van der Waals surface area contributed by atoms with Crippen molar-refractivity contribution in [3.63, 3.8) is 0 Å². The Hall–Kier alpha value is 0.194. The second-order valence-electron chi connectivity index (χ2n) is 9.87. The molecule has 32 heavy (non-hydrogen) atoms. The van der Waals surface area contributed by atoms with E-state index < -0.39 is 17.1 Å². The smallest absolute Gasteiger partial charge is 0.334 e. The maximum absolute atomic E-state index is 6.99. The van der Waals surface area contributed by atoms with Gasteiger partial charge in [0.25, 0.3) is 0 Å². The van der Waals surface area contributed by atoms with Crippen LogP contribution >= 0.6 is 0 Å². The fourth-order valence-electron chi connectivity index (χ4n) is 4.33. The van der Waals surface area contributed by atoms with Crippen molar-refractivity contribution in [1.82, 2.24) is 0 Å². The van der Waals surface area contributed by atoms with Crippen LogP contribution in [0.5, 0.6) is 0 Å². The average Bonchev–Trinajstić information content (AvgIpc) is 2.80. The predicted molar refractivity (Wildman–Crippen MR) is 141 cm³/mol. The minimum atomic E-state index is -2.03. The summed E-state index contributed by atoms with van der Waals surface area (Å²) >= 11 is 0. The van der Waals surface area contributed by atoms with Crippen LogP contribution in [-0.4, -0.2) is 57.6 Å². The highest BCUT2D eigenvalue weighted by Crippen LogP contribution is 2.29. The molecule has 8 heteroatoms. The van der Waals surface area contributed by atoms with Crippen molar-refractivity contribution < 1.29 is 17.7 Å². The highest BCUT2D eigenvalue weighted by molar-refractivity contribution is 6.66. The van der Waals surface area contributed by atoms with Crippen LogP contribution in [0.4, 0.5) is 0 Å². The molecule has 0 unspecified atom stereocenters. The van der Waals surface area contributed by atoms with E-state index in [1.165, 1.54) is 57.8 Å². The number of unbranched alkanes of at least 4 members (excludes halogenated alkanes) is 8. The lowest BCUT2D eigenvalue weighted by Gasteiger charge is -2.32. The lowest BCUT2D eigenvalue weighted by molar-refractivity contribution is 0.240. The molecular weight excluding hydrogens is 436 g/mol. The minimum Gasteiger partial charge on any atom is -0.398 e. The Balaban J connectivity index is 4.45. The van der Waals surface area contributed by atoms with E-state index in [-0.39, 0.29) is 5.54 Å². The Labute approximate surface area is 202 Å². The van der Waals surface area contributed by atoms with Crippen molar-refractivity contribution in [2.75, 3.05) is 35.0 Å². The molecule has 0 aromatic carbocycles. The van der Waals surface area contributed by atoms with E-state index in [2.05, 4.69) is 13.1 Å². The van der Waals surface area contributed by atoms with Crippen LogP contribution < -0.4 is 11.5 Å². The van der Waals surface area contributed by atoms with E-state index in [0.29, 0.717) is 0 Å². The van der Waals surface area contributed by atoms with Crippen LogP contribution in [0.2, 0.25) is 25.2 Å². The van der Waals surface area contributed by atoms with Crippen molar-refractivity contribution in [3.8, 4) is 0 Å². The number of nitrogens with two attached hydrogens (primary N) is 2. The second kappa shape index (κ2) is 18.5. The maximum atomic E-state index is 6.99. The van der Waals surface area contributed by atoms with Crippen molar-refractivity contribution >= 4 is 17.1 Å². The highest BCUT2D eigenvalue weighted by Gasteiger charge is 2.33. The van der Waals surface area contributed by atoms with E-state index >= 15 is 0 Å². The fourth-order valence-corrected chi connectivity index (χ4v) is 7.12. The summed E-state index contributed by atoms with van der Waals surface area (Å²) in [5, 5.41) is 0. The lowest BCUT2D eigenvalue weighted by atomic mass is 9.84. The molecule has 0 rings (SSSR count). The van der Waals surface area contributed by atoms with Crippen LogP contribution in [0.15, 0.2) is 0 Å². The molecule has 0 saturated carbocycles. The summed E-state index contributed by atoms with van der Waals surface area (Å²) in [5.41, 5.74) is 12.4. The van der Waals surface area contributed by atoms with Crippen molar-refractivity contribution in [3.05, 3.63) is 0 Å². The Morgan fingerprint density at radius 3 is 1.19 bits per heavy atom. The Bertz CT molecular complexity index is 412. The molecule has 0 amide bonds. The zero-order valence-electron chi connectivity index (χ0n) is 22.3. The SMILES string of the molecule is CO[Si](C)(CCCC(N)(CCCCCCCCCCCN)CCC[Si](C)(OC)OC)OC. The van der Waals surface area contributed by atoms with Gasteiger partial charge in [-0.25, -0.2) is 0 Å². The first-order valence-corrected chi connectivity index (χ1v) is 18.0. The van der Waals surface area contributed by atoms with Gasteiger partial charge < -0.3 is 29.2 Å². The van der Waals surface area contributed by atoms with Gasteiger partial charge >= 0.3 is 17.1 Å². The topological polar surface area (TPSA) is 89.0 Å². The quantitative estimate of drug-likeness (QED) is 0.138. The van der Waals surface area contributed by atoms with Gasteiger partial charge in [0.1, 0.15) is 0 Å². The lowest BCUT2D eigenvalue weighted by Crippen LogP contribution is -2.42. The van der Waals surface area contributed by atoms with Crippen molar-refractivity contribution in [2.45, 2.75) is 121 Å². The summed E-state index contributed by atoms with van der Waals surface area (Å²) < 4.78 is 22.7. The van der Waals surface area contributed by atoms with Gasteiger partial charge in [-0.1, -0.05) is 51.4 Å². The van der Waals surface area contributed by atoms with Crippen LogP contribution in [0.3, 0.4) is 0 Å². The Morgan fingerprint density at radius 2 is 0.844 bits per heavy atom. The molecule has 6 nitrogen and oxygen atoms in total. The van der Waals surface area contributed by atoms with Gasteiger partial charge in [-0.05, 0) is 70.3 Å². The average molecular weight is 493 g/mol. The van der Waals surface area contributed by atoms with Crippen LogP contribution in [0.25, 0.3) is 0 Å². The largest absolute Gasteiger partial charge is 0.398 e. The van der Waals surface area contributed by atoms with E-state index in [1.807, 2.05) is 0 Å². The molecule has 0 bridgehead atoms.